The van der Waals surface area contributed by atoms with Crippen molar-refractivity contribution in [3.05, 3.63) is 17.7 Å². The lowest BCUT2D eigenvalue weighted by Crippen LogP contribution is -2.45. The Morgan fingerprint density at radius 3 is 2.68 bits per heavy atom. The highest BCUT2D eigenvalue weighted by Gasteiger charge is 2.22. The van der Waals surface area contributed by atoms with Crippen LogP contribution in [0.15, 0.2) is 17.1 Å². The molecule has 7 nitrogen and oxygen atoms in total. The van der Waals surface area contributed by atoms with Crippen LogP contribution in [-0.4, -0.2) is 57.5 Å². The summed E-state index contributed by atoms with van der Waals surface area (Å²) in [4.78, 5) is 6.78. The van der Waals surface area contributed by atoms with E-state index in [1.165, 1.54) is 25.5 Å². The molecule has 2 N–H and O–H groups in total. The van der Waals surface area contributed by atoms with E-state index in [1.807, 2.05) is 0 Å². The van der Waals surface area contributed by atoms with Crippen molar-refractivity contribution >= 4 is 29.9 Å². The zero-order chi connectivity index (χ0) is 21.5. The minimum absolute atomic E-state index is 0. The second-order valence-electron chi connectivity index (χ2n) is 8.16. The molecule has 2 aliphatic heterocycles. The predicted molar refractivity (Wildman–Crippen MR) is 127 cm³/mol. The Balaban J connectivity index is 0.00000341. The Hall–Kier alpha value is -1.56. The molecule has 0 radical (unpaired) electrons. The van der Waals surface area contributed by atoms with Crippen molar-refractivity contribution < 1.29 is 23.0 Å². The van der Waals surface area contributed by atoms with Crippen LogP contribution in [0.3, 0.4) is 0 Å². The average molecular weight is 554 g/mol. The second kappa shape index (κ2) is 12.5. The summed E-state index contributed by atoms with van der Waals surface area (Å²) in [6.07, 6.45) is 2.39. The summed E-state index contributed by atoms with van der Waals surface area (Å²) in [6.45, 7) is 6.10. The summed E-state index contributed by atoms with van der Waals surface area (Å²) < 4.78 is 40.9. The first kappa shape index (κ1) is 25.7. The fourth-order valence-electron chi connectivity index (χ4n) is 3.95. The van der Waals surface area contributed by atoms with Crippen molar-refractivity contribution in [2.24, 2.45) is 16.8 Å². The largest absolute Gasteiger partial charge is 0.454 e. The number of rotatable bonds is 8. The molecule has 0 aliphatic carbocycles. The summed E-state index contributed by atoms with van der Waals surface area (Å²) in [6, 6.07) is 3.10. The van der Waals surface area contributed by atoms with Crippen LogP contribution < -0.4 is 24.8 Å². The van der Waals surface area contributed by atoms with E-state index in [1.54, 1.807) is 13.1 Å². The van der Waals surface area contributed by atoms with E-state index < -0.39 is 6.61 Å². The number of benzene rings is 1. The monoisotopic (exact) mass is 554 g/mol. The lowest BCUT2D eigenvalue weighted by atomic mass is 9.97. The number of hydrogen-bond acceptors (Lipinski definition) is 5. The molecular weight excluding hydrogens is 521 g/mol. The average Bonchev–Trinajstić information content (AvgIpc) is 3.14. The Bertz CT molecular complexity index is 737. The normalized spacial score (nSPS) is 18.8. The number of guanidine groups is 1. The number of hydrogen-bond donors (Lipinski definition) is 2. The standard InChI is InChI=1S/C21H32F2N4O3.HI/c1-14(2)11-27-6-4-5-15(12-27)9-25-21(24-3)26-10-16-7-18-19(29-13-28-18)8-17(16)30-20(22)23;/h7-8,14-15,20H,4-6,9-13H2,1-3H3,(H2,24,25,26);1H. The van der Waals surface area contributed by atoms with Crippen LogP contribution in [0.4, 0.5) is 8.78 Å². The van der Waals surface area contributed by atoms with E-state index in [-0.39, 0.29) is 43.1 Å². The molecule has 1 unspecified atom stereocenters. The third-order valence-electron chi connectivity index (χ3n) is 5.23. The molecule has 176 valence electrons. The van der Waals surface area contributed by atoms with Gasteiger partial charge in [0.05, 0.1) is 0 Å². The number of fused-ring (bicyclic) bond motifs is 1. The first-order valence-electron chi connectivity index (χ1n) is 10.5. The number of likely N-dealkylation sites (tertiary alicyclic amines) is 1. The van der Waals surface area contributed by atoms with Gasteiger partial charge in [0.2, 0.25) is 6.79 Å². The molecule has 1 aromatic carbocycles. The van der Waals surface area contributed by atoms with E-state index >= 15 is 0 Å². The lowest BCUT2D eigenvalue weighted by Gasteiger charge is -2.34. The van der Waals surface area contributed by atoms with Gasteiger partial charge in [-0.1, -0.05) is 13.8 Å². The van der Waals surface area contributed by atoms with E-state index in [9.17, 15) is 8.78 Å². The molecule has 31 heavy (non-hydrogen) atoms. The number of ether oxygens (including phenoxy) is 3. The van der Waals surface area contributed by atoms with Gasteiger partial charge in [-0.05, 0) is 37.3 Å². The SMILES string of the molecule is CN=C(NCc1cc2c(cc1OC(F)F)OCO2)NCC1CCCN(CC(C)C)C1.I. The van der Waals surface area contributed by atoms with Crippen LogP contribution in [0, 0.1) is 11.8 Å². The molecular formula is C21H33F2IN4O3. The van der Waals surface area contributed by atoms with Gasteiger partial charge in [0.25, 0.3) is 0 Å². The first-order chi connectivity index (χ1) is 14.4. The van der Waals surface area contributed by atoms with E-state index in [4.69, 9.17) is 9.47 Å². The maximum absolute atomic E-state index is 12.8. The highest BCUT2D eigenvalue weighted by Crippen LogP contribution is 2.38. The molecule has 0 saturated carbocycles. The van der Waals surface area contributed by atoms with Crippen molar-refractivity contribution in [2.45, 2.75) is 39.8 Å². The van der Waals surface area contributed by atoms with Crippen LogP contribution in [0.1, 0.15) is 32.3 Å². The molecule has 0 bridgehead atoms. The van der Waals surface area contributed by atoms with Gasteiger partial charge >= 0.3 is 6.61 Å². The van der Waals surface area contributed by atoms with E-state index in [2.05, 4.69) is 39.1 Å². The van der Waals surface area contributed by atoms with Crippen LogP contribution in [-0.2, 0) is 6.54 Å². The van der Waals surface area contributed by atoms with Gasteiger partial charge in [0.1, 0.15) is 5.75 Å². The zero-order valence-electron chi connectivity index (χ0n) is 18.3. The van der Waals surface area contributed by atoms with Gasteiger partial charge in [-0.2, -0.15) is 8.78 Å². The van der Waals surface area contributed by atoms with Gasteiger partial charge in [0.15, 0.2) is 17.5 Å². The number of nitrogens with one attached hydrogen (secondary N) is 2. The molecule has 2 aliphatic rings. The van der Waals surface area contributed by atoms with Crippen molar-refractivity contribution in [1.29, 1.82) is 0 Å². The van der Waals surface area contributed by atoms with Crippen LogP contribution in [0.5, 0.6) is 17.2 Å². The van der Waals surface area contributed by atoms with Crippen LogP contribution >= 0.6 is 24.0 Å². The maximum atomic E-state index is 12.8. The predicted octanol–water partition coefficient (Wildman–Crippen LogP) is 3.67. The highest BCUT2D eigenvalue weighted by atomic mass is 127. The first-order valence-corrected chi connectivity index (χ1v) is 10.5. The topological polar surface area (TPSA) is 67.4 Å². The molecule has 1 fully saturated rings. The molecule has 10 heteroatoms. The molecule has 0 spiro atoms. The quantitative estimate of drug-likeness (QED) is 0.291. The molecule has 2 heterocycles. The molecule has 3 rings (SSSR count). The van der Waals surface area contributed by atoms with Crippen molar-refractivity contribution in [1.82, 2.24) is 15.5 Å². The van der Waals surface area contributed by atoms with E-state index in [0.717, 1.165) is 19.6 Å². The fourth-order valence-corrected chi connectivity index (χ4v) is 3.95. The molecule has 1 aromatic rings. The van der Waals surface area contributed by atoms with Crippen LogP contribution in [0.25, 0.3) is 0 Å². The second-order valence-corrected chi connectivity index (χ2v) is 8.16. The zero-order valence-corrected chi connectivity index (χ0v) is 20.7. The number of piperidine rings is 1. The molecule has 0 aromatic heterocycles. The van der Waals surface area contributed by atoms with Crippen molar-refractivity contribution in [3.63, 3.8) is 0 Å². The third kappa shape index (κ3) is 7.81. The Morgan fingerprint density at radius 2 is 2.00 bits per heavy atom. The number of alkyl halides is 2. The van der Waals surface area contributed by atoms with Crippen LogP contribution in [0.2, 0.25) is 0 Å². The highest BCUT2D eigenvalue weighted by molar-refractivity contribution is 14.0. The summed E-state index contributed by atoms with van der Waals surface area (Å²) in [5.41, 5.74) is 0.545. The summed E-state index contributed by atoms with van der Waals surface area (Å²) >= 11 is 0. The summed E-state index contributed by atoms with van der Waals surface area (Å²) in [5.74, 6) is 2.83. The van der Waals surface area contributed by atoms with Gasteiger partial charge in [-0.15, -0.1) is 24.0 Å². The van der Waals surface area contributed by atoms with Gasteiger partial charge in [-0.25, -0.2) is 0 Å². The fraction of sp³-hybridized carbons (Fsp3) is 0.667. The molecule has 0 amide bonds. The van der Waals surface area contributed by atoms with Crippen molar-refractivity contribution in [3.8, 4) is 17.2 Å². The number of nitrogens with zero attached hydrogens (tertiary/aromatic N) is 2. The minimum Gasteiger partial charge on any atom is -0.454 e. The summed E-state index contributed by atoms with van der Waals surface area (Å²) in [5, 5.41) is 6.54. The van der Waals surface area contributed by atoms with Crippen molar-refractivity contribution in [2.75, 3.05) is 40.0 Å². The lowest BCUT2D eigenvalue weighted by molar-refractivity contribution is -0.0505. The van der Waals surface area contributed by atoms with Gasteiger partial charge in [0, 0.05) is 44.9 Å². The number of halogens is 3. The Kier molecular flexibility index (Phi) is 10.3. The smallest absolute Gasteiger partial charge is 0.387 e. The molecule has 1 atom stereocenters. The third-order valence-corrected chi connectivity index (χ3v) is 5.23. The summed E-state index contributed by atoms with van der Waals surface area (Å²) in [7, 11) is 1.69. The van der Waals surface area contributed by atoms with Gasteiger partial charge in [-0.3, -0.25) is 4.99 Å². The minimum atomic E-state index is -2.92. The maximum Gasteiger partial charge on any atom is 0.387 e. The Labute approximate surface area is 199 Å². The number of aliphatic imine (C=N–C) groups is 1. The molecule has 1 saturated heterocycles. The van der Waals surface area contributed by atoms with E-state index in [0.29, 0.717) is 34.9 Å². The Morgan fingerprint density at radius 1 is 1.26 bits per heavy atom. The van der Waals surface area contributed by atoms with Gasteiger partial charge < -0.3 is 29.7 Å².